The van der Waals surface area contributed by atoms with Gasteiger partial charge in [0.05, 0.1) is 16.3 Å². The first-order valence-electron chi connectivity index (χ1n) is 13.1. The third-order valence-electron chi connectivity index (χ3n) is 6.93. The second-order valence-corrected chi connectivity index (χ2v) is 10.1. The topological polar surface area (TPSA) is 115 Å². The number of aromatic nitrogens is 8. The third kappa shape index (κ3) is 5.97. The average Bonchev–Trinajstić information content (AvgIpc) is 3.49. The number of nitrogens with one attached hydrogen (secondary N) is 1. The van der Waals surface area contributed by atoms with Gasteiger partial charge in [0, 0.05) is 41.6 Å². The summed E-state index contributed by atoms with van der Waals surface area (Å²) in [6, 6.07) is 4.58. The minimum absolute atomic E-state index is 0.00887. The molecule has 0 spiro atoms. The van der Waals surface area contributed by atoms with Gasteiger partial charge in [0.15, 0.2) is 5.82 Å². The lowest BCUT2D eigenvalue weighted by molar-refractivity contribution is -0.137. The van der Waals surface area contributed by atoms with Crippen molar-refractivity contribution in [3.8, 4) is 5.82 Å². The first kappa shape index (κ1) is 28.3. The van der Waals surface area contributed by atoms with Gasteiger partial charge in [-0.2, -0.15) is 18.4 Å². The van der Waals surface area contributed by atoms with Gasteiger partial charge in [-0.3, -0.25) is 9.78 Å². The average molecular weight is 583 g/mol. The maximum absolute atomic E-state index is 13.8. The Kier molecular flexibility index (Phi) is 8.11. The van der Waals surface area contributed by atoms with E-state index in [9.17, 15) is 18.0 Å². The molecule has 212 valence electrons. The number of aryl methyl sites for hydroxylation is 2. The maximum atomic E-state index is 13.8. The monoisotopic (exact) mass is 582 g/mol. The Morgan fingerprint density at radius 1 is 1.20 bits per heavy atom. The van der Waals surface area contributed by atoms with Crippen molar-refractivity contribution in [3.05, 3.63) is 104 Å². The minimum Gasteiger partial charge on any atom is -0.268 e. The normalized spacial score (nSPS) is 15.3. The molecule has 0 radical (unpaired) electrons. The van der Waals surface area contributed by atoms with E-state index in [0.717, 1.165) is 41.0 Å². The van der Waals surface area contributed by atoms with Gasteiger partial charge >= 0.3 is 6.18 Å². The molecule has 1 unspecified atom stereocenters. The molecular weight excluding hydrogens is 557 g/mol. The lowest BCUT2D eigenvalue weighted by atomic mass is 9.85. The summed E-state index contributed by atoms with van der Waals surface area (Å²) in [4.78, 5) is 27.0. The van der Waals surface area contributed by atoms with Crippen molar-refractivity contribution in [2.45, 2.75) is 58.0 Å². The second-order valence-electron chi connectivity index (χ2n) is 9.69. The van der Waals surface area contributed by atoms with E-state index in [-0.39, 0.29) is 29.0 Å². The predicted molar refractivity (Wildman–Crippen MR) is 147 cm³/mol. The number of hydrogen-bond donors (Lipinski definition) is 1. The summed E-state index contributed by atoms with van der Waals surface area (Å²) in [5.74, 6) is 0.692. The number of unbranched alkanes of at least 4 members (excludes halogenated alkanes) is 1. The van der Waals surface area contributed by atoms with Gasteiger partial charge in [-0.05, 0) is 49.1 Å². The molecule has 4 aromatic rings. The summed E-state index contributed by atoms with van der Waals surface area (Å²) in [6.45, 7) is 3.65. The van der Waals surface area contributed by atoms with Crippen molar-refractivity contribution >= 4 is 17.2 Å². The molecule has 0 bridgehead atoms. The molecule has 0 aromatic carbocycles. The van der Waals surface area contributed by atoms with Gasteiger partial charge in [-0.25, -0.2) is 14.5 Å². The van der Waals surface area contributed by atoms with Crippen LogP contribution in [0.2, 0.25) is 5.02 Å². The third-order valence-corrected chi connectivity index (χ3v) is 7.21. The van der Waals surface area contributed by atoms with Crippen molar-refractivity contribution in [2.24, 2.45) is 0 Å². The van der Waals surface area contributed by atoms with Crippen LogP contribution in [0.3, 0.4) is 0 Å². The Bertz CT molecular complexity index is 1660. The smallest absolute Gasteiger partial charge is 0.268 e. The number of aromatic amines is 1. The standard InChI is InChI=1S/C28H26ClF3N8O/c1-3-4-9-24-22(27(41)40(16(2)35-24)26-23(29)12-18(15-34-26)28(30,31)32)13-19-11-10-17(14-33-19)20-7-5-6-8-21(20)25-36-38-39-37-25/h5-6,8,10-12,14-15,20H,3-4,7,9,13H2,1-2H3,(H,36,37,38,39). The zero-order chi connectivity index (χ0) is 29.1. The highest BCUT2D eigenvalue weighted by Gasteiger charge is 2.32. The Labute approximate surface area is 238 Å². The molecule has 0 amide bonds. The van der Waals surface area contributed by atoms with Gasteiger partial charge in [-0.15, -0.1) is 10.2 Å². The fraction of sp³-hybridized carbons (Fsp3) is 0.321. The molecule has 1 N–H and O–H groups in total. The Hall–Kier alpha value is -4.19. The van der Waals surface area contributed by atoms with Crippen molar-refractivity contribution in [2.75, 3.05) is 0 Å². The predicted octanol–water partition coefficient (Wildman–Crippen LogP) is 5.58. The SMILES string of the molecule is CCCCc1nc(C)n(-c2ncc(C(F)(F)F)cc2Cl)c(=O)c1Cc1ccc(C2CC=CC=C2c2nn[nH]n2)cn1. The molecule has 4 heterocycles. The number of pyridine rings is 2. The number of rotatable bonds is 8. The highest BCUT2D eigenvalue weighted by molar-refractivity contribution is 6.32. The minimum atomic E-state index is -4.61. The molecule has 1 atom stereocenters. The summed E-state index contributed by atoms with van der Waals surface area (Å²) < 4.78 is 40.7. The number of alkyl halides is 3. The van der Waals surface area contributed by atoms with Crippen molar-refractivity contribution in [3.63, 3.8) is 0 Å². The molecule has 4 aromatic heterocycles. The van der Waals surface area contributed by atoms with E-state index < -0.39 is 17.3 Å². The summed E-state index contributed by atoms with van der Waals surface area (Å²) >= 11 is 6.20. The Morgan fingerprint density at radius 2 is 2.02 bits per heavy atom. The van der Waals surface area contributed by atoms with Gasteiger partial charge in [0.25, 0.3) is 5.56 Å². The second kappa shape index (κ2) is 11.7. The lowest BCUT2D eigenvalue weighted by Gasteiger charge is -2.20. The van der Waals surface area contributed by atoms with Crippen LogP contribution in [0.5, 0.6) is 0 Å². The van der Waals surface area contributed by atoms with Crippen LogP contribution in [0.15, 0.2) is 53.6 Å². The molecule has 13 heteroatoms. The zero-order valence-electron chi connectivity index (χ0n) is 22.3. The van der Waals surface area contributed by atoms with Crippen LogP contribution >= 0.6 is 11.6 Å². The van der Waals surface area contributed by atoms with Gasteiger partial charge in [-0.1, -0.05) is 49.2 Å². The molecule has 1 aliphatic carbocycles. The van der Waals surface area contributed by atoms with E-state index >= 15 is 0 Å². The van der Waals surface area contributed by atoms with Crippen LogP contribution < -0.4 is 5.56 Å². The lowest BCUT2D eigenvalue weighted by Crippen LogP contribution is -2.29. The summed E-state index contributed by atoms with van der Waals surface area (Å²) in [5.41, 5.74) is 2.10. The van der Waals surface area contributed by atoms with Crippen LogP contribution in [0, 0.1) is 6.92 Å². The molecule has 5 rings (SSSR count). The van der Waals surface area contributed by atoms with Crippen molar-refractivity contribution in [1.82, 2.24) is 40.1 Å². The highest BCUT2D eigenvalue weighted by Crippen LogP contribution is 2.36. The fourth-order valence-corrected chi connectivity index (χ4v) is 5.08. The summed E-state index contributed by atoms with van der Waals surface area (Å²) in [6.07, 6.45) is 6.99. The quantitative estimate of drug-likeness (QED) is 0.288. The number of tetrazole rings is 1. The van der Waals surface area contributed by atoms with Crippen molar-refractivity contribution in [1.29, 1.82) is 0 Å². The molecular formula is C28H26ClF3N8O. The molecule has 0 aliphatic heterocycles. The highest BCUT2D eigenvalue weighted by atomic mass is 35.5. The molecule has 9 nitrogen and oxygen atoms in total. The molecule has 0 saturated heterocycles. The Morgan fingerprint density at radius 3 is 2.68 bits per heavy atom. The van der Waals surface area contributed by atoms with Gasteiger partial charge < -0.3 is 0 Å². The Balaban J connectivity index is 1.50. The number of allylic oxidation sites excluding steroid dienone is 4. The fourth-order valence-electron chi connectivity index (χ4n) is 4.83. The number of H-pyrrole nitrogens is 1. The first-order chi connectivity index (χ1) is 19.7. The van der Waals surface area contributed by atoms with E-state index in [2.05, 4.69) is 41.7 Å². The van der Waals surface area contributed by atoms with E-state index in [4.69, 9.17) is 11.6 Å². The number of nitrogens with zero attached hydrogens (tertiary/aromatic N) is 7. The van der Waals surface area contributed by atoms with Crippen LogP contribution in [-0.4, -0.2) is 40.1 Å². The van der Waals surface area contributed by atoms with Gasteiger partial charge in [0.1, 0.15) is 5.82 Å². The molecule has 1 aliphatic rings. The van der Waals surface area contributed by atoms with E-state index in [1.165, 1.54) is 0 Å². The number of hydrogen-bond acceptors (Lipinski definition) is 7. The van der Waals surface area contributed by atoms with Crippen LogP contribution in [0.4, 0.5) is 13.2 Å². The van der Waals surface area contributed by atoms with Crippen LogP contribution in [0.25, 0.3) is 11.4 Å². The first-order valence-corrected chi connectivity index (χ1v) is 13.4. The summed E-state index contributed by atoms with van der Waals surface area (Å²) in [5, 5.41) is 14.1. The van der Waals surface area contributed by atoms with Gasteiger partial charge in [0.2, 0.25) is 5.82 Å². The zero-order valence-corrected chi connectivity index (χ0v) is 23.0. The molecule has 0 fully saturated rings. The molecule has 0 saturated carbocycles. The van der Waals surface area contributed by atoms with Crippen LogP contribution in [0.1, 0.15) is 71.8 Å². The summed E-state index contributed by atoms with van der Waals surface area (Å²) in [7, 11) is 0. The van der Waals surface area contributed by atoms with Crippen LogP contribution in [-0.2, 0) is 19.0 Å². The van der Waals surface area contributed by atoms with E-state index in [0.29, 0.717) is 35.4 Å². The molecule has 41 heavy (non-hydrogen) atoms. The largest absolute Gasteiger partial charge is 0.417 e. The van der Waals surface area contributed by atoms with Crippen molar-refractivity contribution < 1.29 is 13.2 Å². The van der Waals surface area contributed by atoms with E-state index in [1.54, 1.807) is 13.1 Å². The maximum Gasteiger partial charge on any atom is 0.417 e. The van der Waals surface area contributed by atoms with E-state index in [1.807, 2.05) is 31.2 Å². The number of halogens is 4.